The second-order valence-electron chi connectivity index (χ2n) is 9.29. The van der Waals surface area contributed by atoms with Crippen molar-refractivity contribution in [2.75, 3.05) is 0 Å². The lowest BCUT2D eigenvalue weighted by Crippen LogP contribution is -2.49. The summed E-state index contributed by atoms with van der Waals surface area (Å²) in [4.78, 5) is 22.9. The number of rotatable bonds is 4. The van der Waals surface area contributed by atoms with E-state index in [0.717, 1.165) is 18.4 Å². The Hall–Kier alpha value is -1.58. The zero-order valence-corrected chi connectivity index (χ0v) is 16.6. The van der Waals surface area contributed by atoms with Crippen molar-refractivity contribution in [3.63, 3.8) is 0 Å². The van der Waals surface area contributed by atoms with Gasteiger partial charge in [0.1, 0.15) is 0 Å². The molecule has 0 unspecified atom stereocenters. The zero-order valence-electron chi connectivity index (χ0n) is 16.6. The molecule has 0 saturated heterocycles. The first kappa shape index (κ1) is 19.2. The van der Waals surface area contributed by atoms with Gasteiger partial charge in [0.2, 0.25) is 0 Å². The van der Waals surface area contributed by atoms with Gasteiger partial charge in [-0.15, -0.1) is 0 Å². The fourth-order valence-corrected chi connectivity index (χ4v) is 5.99. The standard InChI is InChI=1S/C22H32O4/c1-14-7-10-18-21(3,4)11-6-12-22(18,5)17(14)9-8-16-13-19(24)26-20(16)25-15(2)23/h13,17-18,20H,1,6-12H2,2-5H3/t17-,18-,20+,22-/m1/s1. The minimum absolute atomic E-state index is 0.262. The van der Waals surface area contributed by atoms with E-state index >= 15 is 0 Å². The lowest BCUT2D eigenvalue weighted by atomic mass is 9.47. The van der Waals surface area contributed by atoms with Crippen LogP contribution in [0.15, 0.2) is 23.8 Å². The number of cyclic esters (lactones) is 1. The number of allylic oxidation sites excluding steroid dienone is 1. The molecule has 144 valence electrons. The van der Waals surface area contributed by atoms with Gasteiger partial charge in [-0.1, -0.05) is 39.3 Å². The van der Waals surface area contributed by atoms with Crippen LogP contribution in [-0.2, 0) is 19.1 Å². The highest BCUT2D eigenvalue weighted by atomic mass is 16.7. The lowest BCUT2D eigenvalue weighted by Gasteiger charge is -2.58. The second-order valence-corrected chi connectivity index (χ2v) is 9.29. The maximum Gasteiger partial charge on any atom is 0.334 e. The van der Waals surface area contributed by atoms with Gasteiger partial charge in [0.05, 0.1) is 0 Å². The molecule has 0 radical (unpaired) electrons. The van der Waals surface area contributed by atoms with Crippen molar-refractivity contribution in [3.05, 3.63) is 23.8 Å². The summed E-state index contributed by atoms with van der Waals surface area (Å²) < 4.78 is 10.3. The quantitative estimate of drug-likeness (QED) is 0.526. The lowest BCUT2D eigenvalue weighted by molar-refractivity contribution is -0.172. The zero-order chi connectivity index (χ0) is 19.1. The van der Waals surface area contributed by atoms with Crippen LogP contribution in [-0.4, -0.2) is 18.2 Å². The van der Waals surface area contributed by atoms with Gasteiger partial charge < -0.3 is 9.47 Å². The molecule has 0 aromatic rings. The van der Waals surface area contributed by atoms with Crippen molar-refractivity contribution in [1.29, 1.82) is 0 Å². The van der Waals surface area contributed by atoms with Gasteiger partial charge in [0.15, 0.2) is 0 Å². The van der Waals surface area contributed by atoms with Gasteiger partial charge in [-0.3, -0.25) is 4.79 Å². The Labute approximate surface area is 157 Å². The van der Waals surface area contributed by atoms with Gasteiger partial charge in [0, 0.05) is 18.6 Å². The van der Waals surface area contributed by atoms with Crippen molar-refractivity contribution in [2.24, 2.45) is 22.7 Å². The third-order valence-electron chi connectivity index (χ3n) is 7.14. The number of ether oxygens (including phenoxy) is 2. The van der Waals surface area contributed by atoms with E-state index in [1.807, 2.05) is 0 Å². The number of carbonyl (C=O) groups excluding carboxylic acids is 2. The van der Waals surface area contributed by atoms with Crippen molar-refractivity contribution in [1.82, 2.24) is 0 Å². The monoisotopic (exact) mass is 360 g/mol. The molecule has 4 nitrogen and oxygen atoms in total. The third-order valence-corrected chi connectivity index (χ3v) is 7.14. The molecule has 2 saturated carbocycles. The number of esters is 2. The van der Waals surface area contributed by atoms with Gasteiger partial charge in [-0.25, -0.2) is 4.79 Å². The van der Waals surface area contributed by atoms with Crippen LogP contribution in [0, 0.1) is 22.7 Å². The summed E-state index contributed by atoms with van der Waals surface area (Å²) in [5.41, 5.74) is 2.76. The largest absolute Gasteiger partial charge is 0.421 e. The number of fused-ring (bicyclic) bond motifs is 1. The van der Waals surface area contributed by atoms with E-state index in [-0.39, 0.29) is 5.41 Å². The molecular weight excluding hydrogens is 328 g/mol. The fraction of sp³-hybridized carbons (Fsp3) is 0.727. The molecule has 0 amide bonds. The van der Waals surface area contributed by atoms with E-state index in [1.165, 1.54) is 44.3 Å². The van der Waals surface area contributed by atoms with Crippen LogP contribution in [0.5, 0.6) is 0 Å². The molecule has 3 aliphatic rings. The van der Waals surface area contributed by atoms with Crippen molar-refractivity contribution in [3.8, 4) is 0 Å². The van der Waals surface area contributed by atoms with Crippen LogP contribution in [0.4, 0.5) is 0 Å². The molecule has 0 aromatic carbocycles. The molecule has 26 heavy (non-hydrogen) atoms. The molecule has 2 aliphatic carbocycles. The van der Waals surface area contributed by atoms with Crippen LogP contribution in [0.25, 0.3) is 0 Å². The summed E-state index contributed by atoms with van der Waals surface area (Å²) >= 11 is 0. The molecule has 1 aliphatic heterocycles. The smallest absolute Gasteiger partial charge is 0.334 e. The molecule has 0 N–H and O–H groups in total. The Bertz CT molecular complexity index is 645. The summed E-state index contributed by atoms with van der Waals surface area (Å²) in [5, 5.41) is 0. The average molecular weight is 360 g/mol. The summed E-state index contributed by atoms with van der Waals surface area (Å²) in [6.45, 7) is 13.0. The van der Waals surface area contributed by atoms with Crippen molar-refractivity contribution in [2.45, 2.75) is 78.9 Å². The fourth-order valence-electron chi connectivity index (χ4n) is 5.99. The van der Waals surface area contributed by atoms with Gasteiger partial charge in [0.25, 0.3) is 6.29 Å². The normalized spacial score (nSPS) is 36.2. The minimum atomic E-state index is -0.844. The Morgan fingerprint density at radius 2 is 2.08 bits per heavy atom. The molecule has 1 heterocycles. The average Bonchev–Trinajstić information content (AvgIpc) is 2.84. The first-order valence-electron chi connectivity index (χ1n) is 9.89. The molecule has 4 heteroatoms. The van der Waals surface area contributed by atoms with Crippen molar-refractivity contribution < 1.29 is 19.1 Å². The summed E-state index contributed by atoms with van der Waals surface area (Å²) in [6.07, 6.45) is 8.42. The SMILES string of the molecule is C=C1CC[C@@H]2C(C)(C)CCC[C@]2(C)[C@@H]1CCC1=CC(=O)O[C@@H]1OC(C)=O. The Kier molecular flexibility index (Phi) is 5.06. The highest BCUT2D eigenvalue weighted by Gasteiger charge is 2.52. The van der Waals surface area contributed by atoms with E-state index in [9.17, 15) is 9.59 Å². The number of carbonyl (C=O) groups is 2. The molecule has 3 rings (SSSR count). The highest BCUT2D eigenvalue weighted by Crippen LogP contribution is 2.61. The Morgan fingerprint density at radius 1 is 1.35 bits per heavy atom. The first-order chi connectivity index (χ1) is 12.1. The van der Waals surface area contributed by atoms with E-state index < -0.39 is 18.2 Å². The Balaban J connectivity index is 1.75. The van der Waals surface area contributed by atoms with E-state index in [2.05, 4.69) is 27.4 Å². The van der Waals surface area contributed by atoms with Crippen molar-refractivity contribution >= 4 is 11.9 Å². The maximum absolute atomic E-state index is 11.6. The van der Waals surface area contributed by atoms with Crippen LogP contribution in [0.1, 0.15) is 72.6 Å². The topological polar surface area (TPSA) is 52.6 Å². The van der Waals surface area contributed by atoms with E-state index in [4.69, 9.17) is 9.47 Å². The third kappa shape index (κ3) is 3.47. The summed E-state index contributed by atoms with van der Waals surface area (Å²) in [7, 11) is 0. The first-order valence-corrected chi connectivity index (χ1v) is 9.89. The van der Waals surface area contributed by atoms with Gasteiger partial charge in [-0.05, 0) is 61.2 Å². The molecule has 2 fully saturated rings. The minimum Gasteiger partial charge on any atom is -0.421 e. The molecule has 0 aromatic heterocycles. The second kappa shape index (κ2) is 6.86. The van der Waals surface area contributed by atoms with Crippen LogP contribution in [0.2, 0.25) is 0 Å². The Morgan fingerprint density at radius 3 is 2.77 bits per heavy atom. The predicted octanol–water partition coefficient (Wildman–Crippen LogP) is 4.94. The maximum atomic E-state index is 11.6. The van der Waals surface area contributed by atoms with E-state index in [1.54, 1.807) is 0 Å². The van der Waals surface area contributed by atoms with E-state index in [0.29, 0.717) is 23.7 Å². The van der Waals surface area contributed by atoms with Crippen LogP contribution < -0.4 is 0 Å². The molecule has 4 atom stereocenters. The number of hydrogen-bond donors (Lipinski definition) is 0. The molecule has 0 bridgehead atoms. The predicted molar refractivity (Wildman–Crippen MR) is 100 cm³/mol. The van der Waals surface area contributed by atoms with Crippen LogP contribution >= 0.6 is 0 Å². The molecular formula is C22H32O4. The number of hydrogen-bond acceptors (Lipinski definition) is 4. The van der Waals surface area contributed by atoms with Gasteiger partial charge in [-0.2, -0.15) is 0 Å². The van der Waals surface area contributed by atoms with Gasteiger partial charge >= 0.3 is 11.9 Å². The highest BCUT2D eigenvalue weighted by molar-refractivity contribution is 5.86. The summed E-state index contributed by atoms with van der Waals surface area (Å²) in [6, 6.07) is 0. The summed E-state index contributed by atoms with van der Waals surface area (Å²) in [5.74, 6) is 0.296. The molecule has 0 spiro atoms. The van der Waals surface area contributed by atoms with Crippen LogP contribution in [0.3, 0.4) is 0 Å².